The molecule has 0 saturated heterocycles. The Kier molecular flexibility index (Phi) is 8.54. The van der Waals surface area contributed by atoms with E-state index in [0.29, 0.717) is 22.2 Å². The number of benzene rings is 2. The highest BCUT2D eigenvalue weighted by atomic mass is 35.5. The molecule has 2 amide bonds. The van der Waals surface area contributed by atoms with Gasteiger partial charge in [-0.15, -0.1) is 0 Å². The van der Waals surface area contributed by atoms with Gasteiger partial charge in [-0.25, -0.2) is 0 Å². The molecule has 1 N–H and O–H groups in total. The topological polar surface area (TPSA) is 49.4 Å². The van der Waals surface area contributed by atoms with Gasteiger partial charge in [-0.3, -0.25) is 9.59 Å². The Morgan fingerprint density at radius 2 is 1.72 bits per heavy atom. The van der Waals surface area contributed by atoms with Crippen molar-refractivity contribution in [2.75, 3.05) is 6.54 Å². The van der Waals surface area contributed by atoms with Gasteiger partial charge in [0.1, 0.15) is 6.04 Å². The van der Waals surface area contributed by atoms with Gasteiger partial charge in [0, 0.05) is 28.7 Å². The number of rotatable bonds is 8. The van der Waals surface area contributed by atoms with Gasteiger partial charge in [0.15, 0.2) is 0 Å². The lowest BCUT2D eigenvalue weighted by Crippen LogP contribution is -2.48. The molecule has 2 aromatic carbocycles. The normalized spacial score (nSPS) is 11.8. The molecule has 156 valence electrons. The molecule has 6 heteroatoms. The molecule has 0 fully saturated rings. The molecular weight excluding hydrogens is 407 g/mol. The Balaban J connectivity index is 2.30. The molecule has 0 aromatic heterocycles. The number of hydrogen-bond acceptors (Lipinski definition) is 2. The van der Waals surface area contributed by atoms with Crippen molar-refractivity contribution in [3.8, 4) is 0 Å². The Bertz CT molecular complexity index is 863. The molecule has 0 bridgehead atoms. The van der Waals surface area contributed by atoms with Crippen molar-refractivity contribution in [3.05, 3.63) is 68.7 Å². The fourth-order valence-electron chi connectivity index (χ4n) is 3.02. The Labute approximate surface area is 183 Å². The van der Waals surface area contributed by atoms with Crippen molar-refractivity contribution in [1.29, 1.82) is 0 Å². The third-order valence-corrected chi connectivity index (χ3v) is 5.74. The number of nitrogens with zero attached hydrogens (tertiary/aromatic N) is 1. The minimum atomic E-state index is -0.645. The minimum absolute atomic E-state index is 0.150. The molecule has 0 unspecified atom stereocenters. The first-order valence-corrected chi connectivity index (χ1v) is 10.6. The van der Waals surface area contributed by atoms with E-state index in [9.17, 15) is 9.59 Å². The Hall–Kier alpha value is -2.04. The van der Waals surface area contributed by atoms with Crippen molar-refractivity contribution in [1.82, 2.24) is 10.2 Å². The maximum absolute atomic E-state index is 13.2. The first-order chi connectivity index (χ1) is 13.7. The highest BCUT2D eigenvalue weighted by Gasteiger charge is 2.27. The second-order valence-corrected chi connectivity index (χ2v) is 8.10. The SMILES string of the molecule is CCCNC(=O)[C@H](C)N(Cc1c(Cl)cccc1Cl)C(=O)Cc1ccc(C)c(C)c1. The highest BCUT2D eigenvalue weighted by Crippen LogP contribution is 2.27. The molecule has 0 heterocycles. The van der Waals surface area contributed by atoms with E-state index in [1.165, 1.54) is 5.56 Å². The van der Waals surface area contributed by atoms with Crippen LogP contribution in [0.25, 0.3) is 0 Å². The van der Waals surface area contributed by atoms with Gasteiger partial charge in [0.25, 0.3) is 0 Å². The second-order valence-electron chi connectivity index (χ2n) is 7.28. The molecular formula is C23H28Cl2N2O2. The number of carbonyl (C=O) groups excluding carboxylic acids is 2. The van der Waals surface area contributed by atoms with Gasteiger partial charge < -0.3 is 10.2 Å². The molecule has 2 rings (SSSR count). The van der Waals surface area contributed by atoms with Crippen molar-refractivity contribution in [3.63, 3.8) is 0 Å². The van der Waals surface area contributed by atoms with Crippen molar-refractivity contribution >= 4 is 35.0 Å². The van der Waals surface area contributed by atoms with Crippen LogP contribution in [-0.2, 0) is 22.6 Å². The average molecular weight is 435 g/mol. The average Bonchev–Trinajstić information content (AvgIpc) is 2.68. The molecule has 0 aliphatic rings. The fraction of sp³-hybridized carbons (Fsp3) is 0.391. The Morgan fingerprint density at radius 3 is 2.31 bits per heavy atom. The van der Waals surface area contributed by atoms with Crippen LogP contribution >= 0.6 is 23.2 Å². The summed E-state index contributed by atoms with van der Waals surface area (Å²) in [4.78, 5) is 27.4. The zero-order valence-electron chi connectivity index (χ0n) is 17.4. The van der Waals surface area contributed by atoms with Gasteiger partial charge in [0.05, 0.1) is 6.42 Å². The molecule has 2 aromatic rings. The van der Waals surface area contributed by atoms with E-state index < -0.39 is 6.04 Å². The van der Waals surface area contributed by atoms with E-state index in [1.54, 1.807) is 30.0 Å². The summed E-state index contributed by atoms with van der Waals surface area (Å²) >= 11 is 12.6. The molecule has 0 aliphatic carbocycles. The number of aryl methyl sites for hydroxylation is 2. The summed E-state index contributed by atoms with van der Waals surface area (Å²) in [6.07, 6.45) is 1.03. The molecule has 29 heavy (non-hydrogen) atoms. The van der Waals surface area contributed by atoms with Gasteiger partial charge >= 0.3 is 0 Å². The van der Waals surface area contributed by atoms with E-state index >= 15 is 0 Å². The predicted molar refractivity (Wildman–Crippen MR) is 119 cm³/mol. The summed E-state index contributed by atoms with van der Waals surface area (Å²) in [5.41, 5.74) is 3.85. The third-order valence-electron chi connectivity index (χ3n) is 5.03. The van der Waals surface area contributed by atoms with Crippen molar-refractivity contribution < 1.29 is 9.59 Å². The summed E-state index contributed by atoms with van der Waals surface area (Å²) in [7, 11) is 0. The van der Waals surface area contributed by atoms with E-state index in [2.05, 4.69) is 5.32 Å². The van der Waals surface area contributed by atoms with Crippen LogP contribution in [0.5, 0.6) is 0 Å². The molecule has 0 aliphatic heterocycles. The van der Waals surface area contributed by atoms with Gasteiger partial charge in [-0.05, 0) is 56.0 Å². The Morgan fingerprint density at radius 1 is 1.07 bits per heavy atom. The quantitative estimate of drug-likeness (QED) is 0.628. The number of halogens is 2. The summed E-state index contributed by atoms with van der Waals surface area (Å²) in [5, 5.41) is 3.81. The number of nitrogens with one attached hydrogen (secondary N) is 1. The molecule has 4 nitrogen and oxygen atoms in total. The van der Waals surface area contributed by atoms with Crippen LogP contribution in [-0.4, -0.2) is 29.3 Å². The third kappa shape index (κ3) is 6.22. The predicted octanol–water partition coefficient (Wildman–Crippen LogP) is 5.10. The van der Waals surface area contributed by atoms with Crippen molar-refractivity contribution in [2.45, 2.75) is 53.1 Å². The second kappa shape index (κ2) is 10.7. The van der Waals surface area contributed by atoms with Crippen LogP contribution in [0.3, 0.4) is 0 Å². The maximum atomic E-state index is 13.2. The van der Waals surface area contributed by atoms with Crippen LogP contribution in [0.15, 0.2) is 36.4 Å². The van der Waals surface area contributed by atoms with Crippen LogP contribution in [0, 0.1) is 13.8 Å². The highest BCUT2D eigenvalue weighted by molar-refractivity contribution is 6.36. The largest absolute Gasteiger partial charge is 0.354 e. The van der Waals surface area contributed by atoms with Gasteiger partial charge in [-0.2, -0.15) is 0 Å². The summed E-state index contributed by atoms with van der Waals surface area (Å²) < 4.78 is 0. The van der Waals surface area contributed by atoms with E-state index in [4.69, 9.17) is 23.2 Å². The molecule has 0 saturated carbocycles. The molecule has 1 atom stereocenters. The van der Waals surface area contributed by atoms with E-state index in [1.807, 2.05) is 39.0 Å². The molecule has 0 spiro atoms. The zero-order valence-corrected chi connectivity index (χ0v) is 18.9. The van der Waals surface area contributed by atoms with E-state index in [-0.39, 0.29) is 24.8 Å². The number of carbonyl (C=O) groups is 2. The van der Waals surface area contributed by atoms with Crippen LogP contribution < -0.4 is 5.32 Å². The lowest BCUT2D eigenvalue weighted by molar-refractivity contribution is -0.140. The monoisotopic (exact) mass is 434 g/mol. The summed E-state index contributed by atoms with van der Waals surface area (Å²) in [6, 6.07) is 10.5. The van der Waals surface area contributed by atoms with Crippen LogP contribution in [0.2, 0.25) is 10.0 Å². The smallest absolute Gasteiger partial charge is 0.242 e. The zero-order chi connectivity index (χ0) is 21.6. The lowest BCUT2D eigenvalue weighted by atomic mass is 10.0. The maximum Gasteiger partial charge on any atom is 0.242 e. The number of amides is 2. The minimum Gasteiger partial charge on any atom is -0.354 e. The van der Waals surface area contributed by atoms with Crippen LogP contribution in [0.1, 0.15) is 42.5 Å². The lowest BCUT2D eigenvalue weighted by Gasteiger charge is -2.29. The summed E-state index contributed by atoms with van der Waals surface area (Å²) in [5.74, 6) is -0.341. The van der Waals surface area contributed by atoms with E-state index in [0.717, 1.165) is 17.5 Å². The summed E-state index contributed by atoms with van der Waals surface area (Å²) in [6.45, 7) is 8.50. The first-order valence-electron chi connectivity index (χ1n) is 9.80. The fourth-order valence-corrected chi connectivity index (χ4v) is 3.54. The van der Waals surface area contributed by atoms with Crippen molar-refractivity contribution in [2.24, 2.45) is 0 Å². The number of hydrogen-bond donors (Lipinski definition) is 1. The standard InChI is InChI=1S/C23H28Cl2N2O2/c1-5-11-26-23(29)17(4)27(14-19-20(24)7-6-8-21(19)25)22(28)13-18-10-9-15(2)16(3)12-18/h6-10,12,17H,5,11,13-14H2,1-4H3,(H,26,29)/t17-/m0/s1. The van der Waals surface area contributed by atoms with Crippen LogP contribution in [0.4, 0.5) is 0 Å². The first kappa shape index (κ1) is 23.2. The molecule has 0 radical (unpaired) electrons. The van der Waals surface area contributed by atoms with Gasteiger partial charge in [-0.1, -0.05) is 54.4 Å². The van der Waals surface area contributed by atoms with Gasteiger partial charge in [0.2, 0.25) is 11.8 Å².